The number of amides is 2. The van der Waals surface area contributed by atoms with Crippen LogP contribution in [0.2, 0.25) is 0 Å². The molecule has 0 spiro atoms. The first-order valence-electron chi connectivity index (χ1n) is 11.8. The van der Waals surface area contributed by atoms with E-state index in [1.807, 2.05) is 36.2 Å². The lowest BCUT2D eigenvalue weighted by Gasteiger charge is -2.29. The van der Waals surface area contributed by atoms with Crippen LogP contribution in [0.15, 0.2) is 36.9 Å². The van der Waals surface area contributed by atoms with Crippen LogP contribution in [0.1, 0.15) is 26.3 Å². The Labute approximate surface area is 209 Å². The summed E-state index contributed by atoms with van der Waals surface area (Å²) in [4.78, 5) is 26.4. The lowest BCUT2D eigenvalue weighted by atomic mass is 9.87. The number of ether oxygens (including phenoxy) is 1. The summed E-state index contributed by atoms with van der Waals surface area (Å²) >= 11 is 0. The van der Waals surface area contributed by atoms with Gasteiger partial charge in [-0.3, -0.25) is 4.57 Å². The molecule has 3 aromatic rings. The number of nitrogens with zero attached hydrogens (tertiary/aromatic N) is 5. The van der Waals surface area contributed by atoms with E-state index >= 15 is 0 Å². The van der Waals surface area contributed by atoms with Crippen molar-refractivity contribution in [1.29, 1.82) is 0 Å². The number of hydrogen-bond donors (Lipinski definition) is 5. The van der Waals surface area contributed by atoms with Crippen LogP contribution in [0.3, 0.4) is 0 Å². The molecule has 36 heavy (non-hydrogen) atoms. The number of urea groups is 1. The molecule has 1 saturated heterocycles. The monoisotopic (exact) mass is 498 g/mol. The number of hydrogen-bond acceptors (Lipinski definition) is 9. The molecule has 12 heteroatoms. The van der Waals surface area contributed by atoms with E-state index in [-0.39, 0.29) is 23.9 Å². The summed E-state index contributed by atoms with van der Waals surface area (Å²) < 4.78 is 7.10. The van der Waals surface area contributed by atoms with Gasteiger partial charge >= 0.3 is 6.03 Å². The van der Waals surface area contributed by atoms with Crippen LogP contribution >= 0.6 is 0 Å². The molecule has 194 valence electrons. The predicted molar refractivity (Wildman–Crippen MR) is 135 cm³/mol. The van der Waals surface area contributed by atoms with Crippen molar-refractivity contribution in [2.75, 3.05) is 44.3 Å². The second-order valence-corrected chi connectivity index (χ2v) is 10.2. The number of aliphatic hydroxyl groups is 2. The Morgan fingerprint density at radius 2 is 2.00 bits per heavy atom. The number of nitrogens with one attached hydrogen (secondary N) is 2. The second kappa shape index (κ2) is 9.97. The fourth-order valence-corrected chi connectivity index (χ4v) is 4.19. The molecule has 0 bridgehead atoms. The molecule has 1 fully saturated rings. The number of rotatable bonds is 7. The zero-order chi connectivity index (χ0) is 26.1. The molecule has 4 rings (SSSR count). The summed E-state index contributed by atoms with van der Waals surface area (Å²) in [5, 5.41) is 27.8. The van der Waals surface area contributed by atoms with Crippen LogP contribution in [0.4, 0.5) is 16.3 Å². The molecule has 12 nitrogen and oxygen atoms in total. The van der Waals surface area contributed by atoms with Crippen LogP contribution in [0, 0.1) is 0 Å². The largest absolute Gasteiger partial charge is 0.385 e. The number of fused-ring (bicyclic) bond motifs is 1. The number of nitrogens with two attached hydrogens (primary N) is 1. The first-order valence-corrected chi connectivity index (χ1v) is 11.8. The Bertz CT molecular complexity index is 1210. The normalized spacial score (nSPS) is 22.3. The molecule has 1 aromatic carbocycles. The molecule has 6 N–H and O–H groups in total. The van der Waals surface area contributed by atoms with E-state index in [4.69, 9.17) is 10.5 Å². The van der Waals surface area contributed by atoms with Gasteiger partial charge in [0.15, 0.2) is 17.2 Å². The van der Waals surface area contributed by atoms with Crippen LogP contribution in [0.5, 0.6) is 0 Å². The zero-order valence-electron chi connectivity index (χ0n) is 21.0. The lowest BCUT2D eigenvalue weighted by Crippen LogP contribution is -2.48. The van der Waals surface area contributed by atoms with Crippen molar-refractivity contribution in [1.82, 2.24) is 29.7 Å². The summed E-state index contributed by atoms with van der Waals surface area (Å²) in [6.07, 6.45) is 0.747. The topological polar surface area (TPSA) is 164 Å². The van der Waals surface area contributed by atoms with Gasteiger partial charge in [0.2, 0.25) is 0 Å². The highest BCUT2D eigenvalue weighted by atomic mass is 16.5. The number of nitrogen functional groups attached to an aromatic ring is 1. The van der Waals surface area contributed by atoms with E-state index in [1.54, 1.807) is 0 Å². The van der Waals surface area contributed by atoms with Gasteiger partial charge in [0.1, 0.15) is 24.1 Å². The molecule has 0 aliphatic carbocycles. The number of aliphatic hydroxyl groups excluding tert-OH is 1. The van der Waals surface area contributed by atoms with Crippen LogP contribution < -0.4 is 16.4 Å². The van der Waals surface area contributed by atoms with E-state index in [0.29, 0.717) is 30.8 Å². The highest BCUT2D eigenvalue weighted by Crippen LogP contribution is 2.32. The van der Waals surface area contributed by atoms with Crippen LogP contribution in [-0.2, 0) is 15.9 Å². The molecule has 0 radical (unpaired) electrons. The van der Waals surface area contributed by atoms with Crippen LogP contribution in [-0.4, -0.2) is 86.2 Å². The Kier molecular flexibility index (Phi) is 7.14. The van der Waals surface area contributed by atoms with Crippen molar-refractivity contribution in [3.8, 4) is 0 Å². The number of carbonyl (C=O) groups is 1. The Hall–Kier alpha value is -3.32. The summed E-state index contributed by atoms with van der Waals surface area (Å²) in [7, 11) is 1.85. The molecular weight excluding hydrogens is 464 g/mol. The van der Waals surface area contributed by atoms with Crippen molar-refractivity contribution < 1.29 is 19.7 Å². The average molecular weight is 499 g/mol. The van der Waals surface area contributed by atoms with Gasteiger partial charge in [-0.25, -0.2) is 19.7 Å². The number of benzene rings is 1. The highest BCUT2D eigenvalue weighted by Gasteiger charge is 2.50. The molecular formula is C24H34N8O4. The molecule has 0 saturated carbocycles. The lowest BCUT2D eigenvalue weighted by molar-refractivity contribution is -0.108. The fourth-order valence-electron chi connectivity index (χ4n) is 4.19. The van der Waals surface area contributed by atoms with Crippen molar-refractivity contribution in [3.63, 3.8) is 0 Å². The Morgan fingerprint density at radius 1 is 1.28 bits per heavy atom. The van der Waals surface area contributed by atoms with Crippen molar-refractivity contribution in [2.24, 2.45) is 0 Å². The molecule has 2 aromatic heterocycles. The SMILES string of the molecule is CN(CCNC(=O)Nc1ccc(C(C)(C)C)cc1)CC1OCC(O)(n2cnc3c(N)ncnc32)C1O. The van der Waals surface area contributed by atoms with E-state index in [0.717, 1.165) is 5.69 Å². The van der Waals surface area contributed by atoms with Crippen molar-refractivity contribution in [2.45, 2.75) is 44.1 Å². The minimum Gasteiger partial charge on any atom is -0.385 e. The van der Waals surface area contributed by atoms with Crippen molar-refractivity contribution in [3.05, 3.63) is 42.5 Å². The fraction of sp³-hybridized carbons (Fsp3) is 0.500. The van der Waals surface area contributed by atoms with E-state index in [9.17, 15) is 15.0 Å². The smallest absolute Gasteiger partial charge is 0.319 e. The second-order valence-electron chi connectivity index (χ2n) is 10.2. The number of carbonyl (C=O) groups excluding carboxylic acids is 1. The standard InChI is InChI=1S/C24H34N8O4/c1-23(2,3)15-5-7-16(8-6-15)30-22(34)26-9-10-31(4)11-17-19(33)24(35,12-36-17)32-14-29-18-20(25)27-13-28-21(18)32/h5-8,13-14,17,19,33,35H,9-12H2,1-4H3,(H2,25,27,28)(H2,26,30,34). The Morgan fingerprint density at radius 3 is 2.69 bits per heavy atom. The summed E-state index contributed by atoms with van der Waals surface area (Å²) in [5.74, 6) is 0.186. The van der Waals surface area contributed by atoms with E-state index in [1.165, 1.54) is 22.8 Å². The molecule has 3 unspecified atom stereocenters. The molecule has 2 amide bonds. The summed E-state index contributed by atoms with van der Waals surface area (Å²) in [6.45, 7) is 7.51. The van der Waals surface area contributed by atoms with Gasteiger partial charge in [0.25, 0.3) is 0 Å². The number of likely N-dealkylation sites (N-methyl/N-ethyl adjacent to an activating group) is 1. The number of imidazole rings is 1. The van der Waals surface area contributed by atoms with Gasteiger partial charge in [-0.2, -0.15) is 0 Å². The number of aromatic nitrogens is 4. The summed E-state index contributed by atoms with van der Waals surface area (Å²) in [6, 6.07) is 7.48. The quantitative estimate of drug-likeness (QED) is 0.318. The average Bonchev–Trinajstić information content (AvgIpc) is 3.38. The maximum atomic E-state index is 12.3. The minimum absolute atomic E-state index is 0.0482. The third-order valence-electron chi connectivity index (χ3n) is 6.39. The third kappa shape index (κ3) is 5.26. The van der Waals surface area contributed by atoms with Gasteiger partial charge in [-0.1, -0.05) is 32.9 Å². The highest BCUT2D eigenvalue weighted by molar-refractivity contribution is 5.89. The minimum atomic E-state index is -1.75. The number of anilines is 2. The Balaban J connectivity index is 1.26. The van der Waals surface area contributed by atoms with Crippen molar-refractivity contribution >= 4 is 28.7 Å². The summed E-state index contributed by atoms with van der Waals surface area (Å²) in [5.41, 5.74) is 6.69. The maximum Gasteiger partial charge on any atom is 0.319 e. The van der Waals surface area contributed by atoms with Gasteiger partial charge in [0, 0.05) is 25.3 Å². The molecule has 3 atom stereocenters. The third-order valence-corrected chi connectivity index (χ3v) is 6.39. The van der Waals surface area contributed by atoms with Crippen LogP contribution in [0.25, 0.3) is 11.2 Å². The first-order chi connectivity index (χ1) is 17.0. The molecule has 1 aliphatic heterocycles. The first kappa shape index (κ1) is 25.8. The molecule has 3 heterocycles. The molecule has 1 aliphatic rings. The predicted octanol–water partition coefficient (Wildman–Crippen LogP) is 0.864. The van der Waals surface area contributed by atoms with Gasteiger partial charge in [-0.05, 0) is 30.2 Å². The van der Waals surface area contributed by atoms with E-state index in [2.05, 4.69) is 46.4 Å². The van der Waals surface area contributed by atoms with E-state index < -0.39 is 17.9 Å². The maximum absolute atomic E-state index is 12.3. The zero-order valence-corrected chi connectivity index (χ0v) is 21.0. The van der Waals surface area contributed by atoms with Gasteiger partial charge in [0.05, 0.1) is 12.9 Å². The van der Waals surface area contributed by atoms with Gasteiger partial charge in [-0.15, -0.1) is 0 Å². The van der Waals surface area contributed by atoms with Gasteiger partial charge < -0.3 is 36.2 Å².